The van der Waals surface area contributed by atoms with Crippen molar-refractivity contribution < 1.29 is 23.0 Å². The summed E-state index contributed by atoms with van der Waals surface area (Å²) in [6.45, 7) is 5.85. The van der Waals surface area contributed by atoms with Crippen molar-refractivity contribution in [3.63, 3.8) is 0 Å². The first-order valence-corrected chi connectivity index (χ1v) is 11.4. The number of hydrogen-bond acceptors (Lipinski definition) is 3. The lowest BCUT2D eigenvalue weighted by molar-refractivity contribution is -0.165. The van der Waals surface area contributed by atoms with Gasteiger partial charge in [0.2, 0.25) is 5.82 Å². The topological polar surface area (TPSA) is 35.5 Å². The maximum atomic E-state index is 14.3. The van der Waals surface area contributed by atoms with Gasteiger partial charge >= 0.3 is 5.97 Å². The Hall–Kier alpha value is -1.91. The molecule has 2 unspecified atom stereocenters. The van der Waals surface area contributed by atoms with Gasteiger partial charge in [-0.05, 0) is 62.0 Å². The number of cyclic esters (lactones) is 1. The third-order valence-corrected chi connectivity index (χ3v) is 6.76. The van der Waals surface area contributed by atoms with Crippen LogP contribution in [0.15, 0.2) is 24.8 Å². The van der Waals surface area contributed by atoms with Gasteiger partial charge in [-0.2, -0.15) is 4.39 Å². The molecule has 1 aliphatic carbocycles. The number of carbonyl (C=O) groups is 1. The predicted molar refractivity (Wildman–Crippen MR) is 113 cm³/mol. The highest BCUT2D eigenvalue weighted by atomic mass is 19.2. The molecule has 1 aliphatic heterocycles. The molecular weight excluding hydrogens is 386 g/mol. The van der Waals surface area contributed by atoms with Crippen LogP contribution in [0.1, 0.15) is 70.3 Å². The summed E-state index contributed by atoms with van der Waals surface area (Å²) in [4.78, 5) is 12.5. The minimum absolute atomic E-state index is 0.0341. The fraction of sp³-hybridized carbons (Fsp3) is 0.640. The maximum Gasteiger partial charge on any atom is 0.309 e. The summed E-state index contributed by atoms with van der Waals surface area (Å²) in [6.07, 6.45) is 11.3. The molecule has 3 nitrogen and oxygen atoms in total. The fourth-order valence-electron chi connectivity index (χ4n) is 4.99. The average molecular weight is 421 g/mol. The molecule has 0 N–H and O–H groups in total. The van der Waals surface area contributed by atoms with Crippen LogP contribution in [0.25, 0.3) is 0 Å². The molecular formula is C25H34F2O3. The maximum absolute atomic E-state index is 14.3. The summed E-state index contributed by atoms with van der Waals surface area (Å²) in [5.74, 6) is -1.10. The Labute approximate surface area is 178 Å². The zero-order chi connectivity index (χ0) is 21.5. The molecule has 0 aromatic heterocycles. The van der Waals surface area contributed by atoms with Crippen molar-refractivity contribution in [1.29, 1.82) is 0 Å². The van der Waals surface area contributed by atoms with Crippen LogP contribution in [0.2, 0.25) is 0 Å². The molecule has 1 aromatic carbocycles. The molecule has 1 saturated carbocycles. The monoisotopic (exact) mass is 420 g/mol. The quantitative estimate of drug-likeness (QED) is 0.343. The Kier molecular flexibility index (Phi) is 8.29. The SMILES string of the molecule is C=CCOc1ccc(CCC2CCC(C3CCC(CCC)CC3)OC2=O)c(F)c1F. The van der Waals surface area contributed by atoms with Gasteiger partial charge in [0.15, 0.2) is 11.6 Å². The lowest BCUT2D eigenvalue weighted by Gasteiger charge is -2.37. The number of esters is 1. The molecule has 0 bridgehead atoms. The number of ether oxygens (including phenoxy) is 2. The van der Waals surface area contributed by atoms with Crippen molar-refractivity contribution in [2.24, 2.45) is 17.8 Å². The zero-order valence-electron chi connectivity index (χ0n) is 18.0. The standard InChI is InChI=1S/C25H34F2O3/c1-3-5-17-6-8-18(9-7-17)21-14-13-20(25(28)30-21)11-10-19-12-15-22(29-16-4-2)24(27)23(19)26/h4,12,15,17-18,20-21H,2-3,5-11,13-14,16H2,1H3. The summed E-state index contributed by atoms with van der Waals surface area (Å²) in [5, 5.41) is 0. The third kappa shape index (κ3) is 5.61. The minimum Gasteiger partial charge on any atom is -0.486 e. The number of halogens is 2. The molecule has 30 heavy (non-hydrogen) atoms. The zero-order valence-corrected chi connectivity index (χ0v) is 18.0. The van der Waals surface area contributed by atoms with Crippen LogP contribution in [-0.4, -0.2) is 18.7 Å². The lowest BCUT2D eigenvalue weighted by Crippen LogP contribution is -2.37. The fourth-order valence-corrected chi connectivity index (χ4v) is 4.99. The molecule has 1 heterocycles. The van der Waals surface area contributed by atoms with E-state index in [0.29, 0.717) is 18.8 Å². The highest BCUT2D eigenvalue weighted by molar-refractivity contribution is 5.73. The number of aryl methyl sites for hydroxylation is 1. The Balaban J connectivity index is 1.48. The van der Waals surface area contributed by atoms with Crippen molar-refractivity contribution in [2.75, 3.05) is 6.61 Å². The lowest BCUT2D eigenvalue weighted by atomic mass is 9.75. The van der Waals surface area contributed by atoms with Gasteiger partial charge in [0, 0.05) is 0 Å². The van der Waals surface area contributed by atoms with Crippen LogP contribution < -0.4 is 4.74 Å². The number of rotatable bonds is 9. The molecule has 0 spiro atoms. The van der Waals surface area contributed by atoms with E-state index >= 15 is 0 Å². The van der Waals surface area contributed by atoms with Gasteiger partial charge in [0.25, 0.3) is 0 Å². The Morgan fingerprint density at radius 1 is 1.10 bits per heavy atom. The van der Waals surface area contributed by atoms with Gasteiger partial charge in [-0.25, -0.2) is 4.39 Å². The Morgan fingerprint density at radius 3 is 2.53 bits per heavy atom. The predicted octanol–water partition coefficient (Wildman–Crippen LogP) is 6.39. The second kappa shape index (κ2) is 10.9. The van der Waals surface area contributed by atoms with Gasteiger partial charge < -0.3 is 9.47 Å². The van der Waals surface area contributed by atoms with E-state index < -0.39 is 11.6 Å². The smallest absolute Gasteiger partial charge is 0.309 e. The number of carbonyl (C=O) groups excluding carboxylic acids is 1. The molecule has 2 atom stereocenters. The van der Waals surface area contributed by atoms with E-state index in [4.69, 9.17) is 9.47 Å². The average Bonchev–Trinajstić information content (AvgIpc) is 2.75. The highest BCUT2D eigenvalue weighted by Gasteiger charge is 2.36. The molecule has 0 amide bonds. The number of hydrogen-bond donors (Lipinski definition) is 0. The van der Waals surface area contributed by atoms with Crippen molar-refractivity contribution >= 4 is 5.97 Å². The summed E-state index contributed by atoms with van der Waals surface area (Å²) in [5.41, 5.74) is 0.266. The van der Waals surface area contributed by atoms with E-state index in [1.807, 2.05) is 0 Å². The normalized spacial score (nSPS) is 26.8. The Morgan fingerprint density at radius 2 is 1.87 bits per heavy atom. The van der Waals surface area contributed by atoms with Gasteiger partial charge in [0.1, 0.15) is 12.7 Å². The van der Waals surface area contributed by atoms with Crippen LogP contribution >= 0.6 is 0 Å². The van der Waals surface area contributed by atoms with E-state index in [-0.39, 0.29) is 35.9 Å². The number of benzene rings is 1. The first-order chi connectivity index (χ1) is 14.5. The second-order valence-corrected chi connectivity index (χ2v) is 8.81. The molecule has 2 fully saturated rings. The van der Waals surface area contributed by atoms with Crippen LogP contribution in [0.5, 0.6) is 5.75 Å². The second-order valence-electron chi connectivity index (χ2n) is 8.81. The molecule has 2 aliphatic rings. The van der Waals surface area contributed by atoms with Crippen LogP contribution in [0.4, 0.5) is 8.78 Å². The molecule has 3 rings (SSSR count). The first-order valence-electron chi connectivity index (χ1n) is 11.4. The molecule has 5 heteroatoms. The molecule has 1 saturated heterocycles. The van der Waals surface area contributed by atoms with E-state index in [1.165, 1.54) is 43.9 Å². The van der Waals surface area contributed by atoms with Gasteiger partial charge in [-0.3, -0.25) is 4.79 Å². The van der Waals surface area contributed by atoms with Gasteiger partial charge in [-0.1, -0.05) is 51.3 Å². The highest BCUT2D eigenvalue weighted by Crippen LogP contribution is 2.38. The van der Waals surface area contributed by atoms with E-state index in [0.717, 1.165) is 31.6 Å². The molecule has 1 aromatic rings. The van der Waals surface area contributed by atoms with Crippen molar-refractivity contribution in [3.05, 3.63) is 42.0 Å². The van der Waals surface area contributed by atoms with Crippen molar-refractivity contribution in [2.45, 2.75) is 77.2 Å². The van der Waals surface area contributed by atoms with Crippen LogP contribution in [-0.2, 0) is 16.0 Å². The van der Waals surface area contributed by atoms with Gasteiger partial charge in [-0.15, -0.1) is 0 Å². The first kappa shape index (κ1) is 22.8. The van der Waals surface area contributed by atoms with Crippen molar-refractivity contribution in [3.8, 4) is 5.75 Å². The van der Waals surface area contributed by atoms with Crippen molar-refractivity contribution in [1.82, 2.24) is 0 Å². The van der Waals surface area contributed by atoms with Crippen LogP contribution in [0, 0.1) is 29.4 Å². The molecule has 166 valence electrons. The van der Waals surface area contributed by atoms with Gasteiger partial charge in [0.05, 0.1) is 5.92 Å². The third-order valence-electron chi connectivity index (χ3n) is 6.76. The summed E-state index contributed by atoms with van der Waals surface area (Å²) >= 11 is 0. The summed E-state index contributed by atoms with van der Waals surface area (Å²) < 4.78 is 39.4. The minimum atomic E-state index is -0.987. The van der Waals surface area contributed by atoms with Crippen LogP contribution in [0.3, 0.4) is 0 Å². The summed E-state index contributed by atoms with van der Waals surface area (Å²) in [6, 6.07) is 2.96. The van der Waals surface area contributed by atoms with E-state index in [2.05, 4.69) is 13.5 Å². The van der Waals surface area contributed by atoms with E-state index in [9.17, 15) is 13.6 Å². The largest absolute Gasteiger partial charge is 0.486 e. The van der Waals surface area contributed by atoms with E-state index in [1.54, 1.807) is 0 Å². The molecule has 0 radical (unpaired) electrons. The Bertz CT molecular complexity index is 725. The summed E-state index contributed by atoms with van der Waals surface area (Å²) in [7, 11) is 0.